The molecule has 1 rings (SSSR count). The van der Waals surface area contributed by atoms with Crippen LogP contribution in [0.2, 0.25) is 0 Å². The van der Waals surface area contributed by atoms with E-state index < -0.39 is 11.8 Å². The molecule has 1 aromatic carbocycles. The van der Waals surface area contributed by atoms with Crippen molar-refractivity contribution in [2.75, 3.05) is 14.2 Å². The minimum absolute atomic E-state index is 0.0451. The van der Waals surface area contributed by atoms with Gasteiger partial charge in [0.1, 0.15) is 0 Å². The highest BCUT2D eigenvalue weighted by Crippen LogP contribution is 2.28. The molecule has 14 heavy (non-hydrogen) atoms. The van der Waals surface area contributed by atoms with Gasteiger partial charge in [0.05, 0.1) is 24.3 Å². The smallest absolute Gasteiger partial charge is 0.339 e. The largest absolute Gasteiger partial charge is 0.494 e. The van der Waals surface area contributed by atoms with Crippen molar-refractivity contribution in [3.63, 3.8) is 0 Å². The number of ether oxygens (including phenoxy) is 2. The highest BCUT2D eigenvalue weighted by atomic mass is 79.9. The van der Waals surface area contributed by atoms with Crippen LogP contribution in [0.3, 0.4) is 0 Å². The molecule has 76 valence electrons. The molecule has 0 aromatic heterocycles. The lowest BCUT2D eigenvalue weighted by Crippen LogP contribution is -2.04. The van der Waals surface area contributed by atoms with E-state index >= 15 is 0 Å². The number of esters is 1. The molecule has 0 atom stereocenters. The maximum atomic E-state index is 13.4. The number of rotatable bonds is 2. The molecule has 0 saturated carbocycles. The molecule has 0 spiro atoms. The van der Waals surface area contributed by atoms with Gasteiger partial charge in [-0.3, -0.25) is 0 Å². The van der Waals surface area contributed by atoms with Crippen molar-refractivity contribution < 1.29 is 18.7 Å². The van der Waals surface area contributed by atoms with Crippen LogP contribution >= 0.6 is 15.9 Å². The quantitative estimate of drug-likeness (QED) is 0.768. The van der Waals surface area contributed by atoms with Crippen molar-refractivity contribution in [1.82, 2.24) is 0 Å². The SMILES string of the molecule is COC(=O)c1ccc(OC)c(F)c1Br. The molecule has 0 radical (unpaired) electrons. The fourth-order valence-electron chi connectivity index (χ4n) is 0.957. The van der Waals surface area contributed by atoms with Gasteiger partial charge in [-0.2, -0.15) is 0 Å². The molecular formula is C9H8BrFO3. The normalized spacial score (nSPS) is 9.71. The summed E-state index contributed by atoms with van der Waals surface area (Å²) in [6.45, 7) is 0. The van der Waals surface area contributed by atoms with Crippen molar-refractivity contribution in [2.45, 2.75) is 0 Å². The van der Waals surface area contributed by atoms with Gasteiger partial charge in [0.15, 0.2) is 11.6 Å². The second-order valence-corrected chi connectivity index (χ2v) is 3.23. The van der Waals surface area contributed by atoms with Crippen LogP contribution in [0.5, 0.6) is 5.75 Å². The summed E-state index contributed by atoms with van der Waals surface area (Å²) in [6, 6.07) is 2.80. The van der Waals surface area contributed by atoms with E-state index in [1.807, 2.05) is 0 Å². The third-order valence-electron chi connectivity index (χ3n) is 1.67. The Hall–Kier alpha value is -1.10. The van der Waals surface area contributed by atoms with Crippen molar-refractivity contribution in [2.24, 2.45) is 0 Å². The van der Waals surface area contributed by atoms with Crippen molar-refractivity contribution in [3.8, 4) is 5.75 Å². The second kappa shape index (κ2) is 4.41. The minimum atomic E-state index is -0.615. The van der Waals surface area contributed by atoms with Gasteiger partial charge in [-0.05, 0) is 28.1 Å². The minimum Gasteiger partial charge on any atom is -0.494 e. The van der Waals surface area contributed by atoms with Crippen molar-refractivity contribution in [3.05, 3.63) is 28.0 Å². The first-order valence-electron chi connectivity index (χ1n) is 3.72. The number of hydrogen-bond donors (Lipinski definition) is 0. The fraction of sp³-hybridized carbons (Fsp3) is 0.222. The summed E-state index contributed by atoms with van der Waals surface area (Å²) in [5.74, 6) is -1.14. The molecule has 0 saturated heterocycles. The van der Waals surface area contributed by atoms with Gasteiger partial charge >= 0.3 is 5.97 Å². The fourth-order valence-corrected chi connectivity index (χ4v) is 1.45. The molecule has 0 amide bonds. The molecule has 0 heterocycles. The highest BCUT2D eigenvalue weighted by molar-refractivity contribution is 9.10. The van der Waals surface area contributed by atoms with Crippen molar-refractivity contribution in [1.29, 1.82) is 0 Å². The Labute approximate surface area is 88.9 Å². The summed E-state index contributed by atoms with van der Waals surface area (Å²) in [4.78, 5) is 11.1. The van der Waals surface area contributed by atoms with E-state index in [9.17, 15) is 9.18 Å². The van der Waals surface area contributed by atoms with E-state index in [-0.39, 0.29) is 15.8 Å². The molecule has 3 nitrogen and oxygen atoms in total. The van der Waals surface area contributed by atoms with Crippen LogP contribution < -0.4 is 4.74 Å². The van der Waals surface area contributed by atoms with Gasteiger partial charge < -0.3 is 9.47 Å². The Morgan fingerprint density at radius 1 is 1.43 bits per heavy atom. The Morgan fingerprint density at radius 3 is 2.57 bits per heavy atom. The van der Waals surface area contributed by atoms with E-state index in [0.717, 1.165) is 0 Å². The van der Waals surface area contributed by atoms with Crippen molar-refractivity contribution >= 4 is 21.9 Å². The van der Waals surface area contributed by atoms with Crippen LogP contribution in [0.1, 0.15) is 10.4 Å². The lowest BCUT2D eigenvalue weighted by Gasteiger charge is -2.06. The van der Waals surface area contributed by atoms with Crippen LogP contribution in [0.25, 0.3) is 0 Å². The lowest BCUT2D eigenvalue weighted by atomic mass is 10.2. The number of hydrogen-bond acceptors (Lipinski definition) is 3. The molecule has 0 bridgehead atoms. The molecular weight excluding hydrogens is 255 g/mol. The van der Waals surface area contributed by atoms with Crippen LogP contribution in [0.15, 0.2) is 16.6 Å². The summed E-state index contributed by atoms with van der Waals surface area (Å²) in [6.07, 6.45) is 0. The van der Waals surface area contributed by atoms with Gasteiger partial charge in [-0.25, -0.2) is 9.18 Å². The molecule has 1 aromatic rings. The summed E-state index contributed by atoms with van der Waals surface area (Å²) in [5.41, 5.74) is 0.130. The Balaban J connectivity index is 3.24. The average molecular weight is 263 g/mol. The van der Waals surface area contributed by atoms with E-state index in [1.54, 1.807) is 0 Å². The van der Waals surface area contributed by atoms with Gasteiger partial charge in [0.2, 0.25) is 0 Å². The Kier molecular flexibility index (Phi) is 3.46. The number of methoxy groups -OCH3 is 2. The molecule has 0 aliphatic rings. The highest BCUT2D eigenvalue weighted by Gasteiger charge is 2.16. The summed E-state index contributed by atoms with van der Waals surface area (Å²) < 4.78 is 22.6. The molecule has 0 aliphatic carbocycles. The lowest BCUT2D eigenvalue weighted by molar-refractivity contribution is 0.0599. The zero-order chi connectivity index (χ0) is 10.7. The first-order valence-corrected chi connectivity index (χ1v) is 4.51. The Morgan fingerprint density at radius 2 is 2.07 bits per heavy atom. The number of benzene rings is 1. The van der Waals surface area contributed by atoms with Gasteiger partial charge in [-0.1, -0.05) is 0 Å². The van der Waals surface area contributed by atoms with Crippen LogP contribution in [0.4, 0.5) is 4.39 Å². The van der Waals surface area contributed by atoms with E-state index in [4.69, 9.17) is 4.74 Å². The predicted molar refractivity (Wildman–Crippen MR) is 52.0 cm³/mol. The zero-order valence-electron chi connectivity index (χ0n) is 7.64. The van der Waals surface area contributed by atoms with Gasteiger partial charge in [0.25, 0.3) is 0 Å². The van der Waals surface area contributed by atoms with E-state index in [1.165, 1.54) is 26.4 Å². The van der Waals surface area contributed by atoms with E-state index in [0.29, 0.717) is 0 Å². The molecule has 5 heteroatoms. The number of carbonyl (C=O) groups is 1. The number of halogens is 2. The van der Waals surface area contributed by atoms with Crippen LogP contribution in [-0.2, 0) is 4.74 Å². The average Bonchev–Trinajstić information content (AvgIpc) is 2.21. The van der Waals surface area contributed by atoms with E-state index in [2.05, 4.69) is 20.7 Å². The first kappa shape index (κ1) is 11.0. The third kappa shape index (κ3) is 1.87. The maximum Gasteiger partial charge on any atom is 0.339 e. The summed E-state index contributed by atoms with van der Waals surface area (Å²) in [5, 5.41) is 0. The summed E-state index contributed by atoms with van der Waals surface area (Å²) >= 11 is 2.96. The molecule has 0 aliphatic heterocycles. The number of carbonyl (C=O) groups excluding carboxylic acids is 1. The third-order valence-corrected chi connectivity index (χ3v) is 2.45. The maximum absolute atomic E-state index is 13.4. The molecule has 0 fully saturated rings. The first-order chi connectivity index (χ1) is 6.61. The van der Waals surface area contributed by atoms with Gasteiger partial charge in [-0.15, -0.1) is 0 Å². The Bertz CT molecular complexity index is 365. The van der Waals surface area contributed by atoms with Crippen LogP contribution in [0, 0.1) is 5.82 Å². The van der Waals surface area contributed by atoms with Gasteiger partial charge in [0, 0.05) is 0 Å². The molecule has 0 unspecified atom stereocenters. The second-order valence-electron chi connectivity index (χ2n) is 2.43. The molecule has 0 N–H and O–H groups in total. The monoisotopic (exact) mass is 262 g/mol. The van der Waals surface area contributed by atoms with Crippen LogP contribution in [-0.4, -0.2) is 20.2 Å². The predicted octanol–water partition coefficient (Wildman–Crippen LogP) is 2.38. The zero-order valence-corrected chi connectivity index (χ0v) is 9.22. The standard InChI is InChI=1S/C9H8BrFO3/c1-13-6-4-3-5(9(12)14-2)7(10)8(6)11/h3-4H,1-2H3. The topological polar surface area (TPSA) is 35.5 Å². The summed E-state index contributed by atoms with van der Waals surface area (Å²) in [7, 11) is 2.58.